The van der Waals surface area contributed by atoms with Crippen molar-refractivity contribution in [3.8, 4) is 0 Å². The van der Waals surface area contributed by atoms with Gasteiger partial charge in [-0.2, -0.15) is 0 Å². The van der Waals surface area contributed by atoms with E-state index in [1.54, 1.807) is 0 Å². The van der Waals surface area contributed by atoms with E-state index in [1.165, 1.54) is 0 Å². The van der Waals surface area contributed by atoms with E-state index in [9.17, 15) is 4.79 Å². The molecule has 4 rings (SSSR count). The molecular weight excluding hydrogens is 180 g/mol. The molecule has 2 aliphatic heterocycles. The van der Waals surface area contributed by atoms with Crippen molar-refractivity contribution >= 4 is 5.78 Å². The van der Waals surface area contributed by atoms with Gasteiger partial charge in [-0.1, -0.05) is 12.2 Å². The van der Waals surface area contributed by atoms with Crippen molar-refractivity contribution in [2.75, 3.05) is 6.61 Å². The second kappa shape index (κ2) is 2.28. The van der Waals surface area contributed by atoms with Crippen LogP contribution in [0.25, 0.3) is 0 Å². The highest BCUT2D eigenvalue weighted by atomic mass is 16.7. The lowest BCUT2D eigenvalue weighted by Crippen LogP contribution is -2.45. The van der Waals surface area contributed by atoms with Gasteiger partial charge < -0.3 is 9.47 Å². The van der Waals surface area contributed by atoms with Crippen LogP contribution in [-0.2, 0) is 14.3 Å². The fourth-order valence-electron chi connectivity index (χ4n) is 3.70. The second-order valence-electron chi connectivity index (χ2n) is 4.79. The van der Waals surface area contributed by atoms with Crippen LogP contribution in [0, 0.1) is 23.7 Å². The Kier molecular flexibility index (Phi) is 1.24. The number of allylic oxidation sites excluding steroid dienone is 2. The van der Waals surface area contributed by atoms with Crippen LogP contribution in [-0.4, -0.2) is 24.8 Å². The van der Waals surface area contributed by atoms with Gasteiger partial charge in [-0.15, -0.1) is 0 Å². The molecule has 4 bridgehead atoms. The van der Waals surface area contributed by atoms with Crippen molar-refractivity contribution in [2.24, 2.45) is 23.7 Å². The predicted molar refractivity (Wildman–Crippen MR) is 47.3 cm³/mol. The number of ketones is 1. The van der Waals surface area contributed by atoms with Crippen molar-refractivity contribution in [1.82, 2.24) is 0 Å². The van der Waals surface area contributed by atoms with Crippen molar-refractivity contribution in [3.63, 3.8) is 0 Å². The van der Waals surface area contributed by atoms with Crippen molar-refractivity contribution < 1.29 is 14.3 Å². The topological polar surface area (TPSA) is 35.5 Å². The molecule has 2 saturated heterocycles. The zero-order valence-corrected chi connectivity index (χ0v) is 7.76. The van der Waals surface area contributed by atoms with Gasteiger partial charge in [0.05, 0.1) is 12.7 Å². The third-order valence-corrected chi connectivity index (χ3v) is 4.22. The Morgan fingerprint density at radius 3 is 3.07 bits per heavy atom. The maximum Gasteiger partial charge on any atom is 0.218 e. The van der Waals surface area contributed by atoms with Crippen molar-refractivity contribution in [2.45, 2.75) is 18.8 Å². The number of carbonyl (C=O) groups is 1. The highest BCUT2D eigenvalue weighted by Gasteiger charge is 2.59. The maximum atomic E-state index is 12.0. The van der Waals surface area contributed by atoms with Crippen LogP contribution in [0.1, 0.15) is 6.42 Å². The molecule has 0 aromatic heterocycles. The zero-order chi connectivity index (χ0) is 9.28. The first-order valence-corrected chi connectivity index (χ1v) is 5.34. The molecule has 0 unspecified atom stereocenters. The van der Waals surface area contributed by atoms with Gasteiger partial charge in [-0.25, -0.2) is 0 Å². The molecule has 0 amide bonds. The van der Waals surface area contributed by atoms with E-state index in [2.05, 4.69) is 12.2 Å². The lowest BCUT2D eigenvalue weighted by molar-refractivity contribution is -0.166. The zero-order valence-electron chi connectivity index (χ0n) is 7.76. The Balaban J connectivity index is 1.81. The summed E-state index contributed by atoms with van der Waals surface area (Å²) in [5.74, 6) is 1.86. The van der Waals surface area contributed by atoms with Gasteiger partial charge in [0.25, 0.3) is 0 Å². The third-order valence-electron chi connectivity index (χ3n) is 4.22. The molecule has 14 heavy (non-hydrogen) atoms. The fourth-order valence-corrected chi connectivity index (χ4v) is 3.70. The average Bonchev–Trinajstić information content (AvgIpc) is 2.89. The molecule has 3 heteroatoms. The first kappa shape index (κ1) is 7.60. The van der Waals surface area contributed by atoms with Gasteiger partial charge >= 0.3 is 0 Å². The van der Waals surface area contributed by atoms with Crippen LogP contribution >= 0.6 is 0 Å². The number of rotatable bonds is 0. The lowest BCUT2D eigenvalue weighted by Gasteiger charge is -2.34. The summed E-state index contributed by atoms with van der Waals surface area (Å²) in [4.78, 5) is 12.0. The number of Topliss-reactive ketones (excluding diaryl/α,β-unsaturated/α-hetero) is 1. The molecule has 0 N–H and O–H groups in total. The minimum Gasteiger partial charge on any atom is -0.343 e. The van der Waals surface area contributed by atoms with Crippen LogP contribution in [0.2, 0.25) is 0 Å². The first-order valence-electron chi connectivity index (χ1n) is 5.34. The molecule has 3 fully saturated rings. The van der Waals surface area contributed by atoms with Crippen LogP contribution in [0.5, 0.6) is 0 Å². The number of fused-ring (bicyclic) bond motifs is 8. The molecule has 4 aliphatic rings. The quantitative estimate of drug-likeness (QED) is 0.531. The molecule has 74 valence electrons. The molecule has 2 aliphatic carbocycles. The van der Waals surface area contributed by atoms with Crippen molar-refractivity contribution in [1.29, 1.82) is 0 Å². The first-order chi connectivity index (χ1) is 6.84. The Morgan fingerprint density at radius 2 is 2.14 bits per heavy atom. The van der Waals surface area contributed by atoms with Crippen LogP contribution in [0.3, 0.4) is 0 Å². The summed E-state index contributed by atoms with van der Waals surface area (Å²) in [5, 5.41) is 0. The molecule has 0 aromatic rings. The maximum absolute atomic E-state index is 12.0. The third kappa shape index (κ3) is 0.708. The largest absolute Gasteiger partial charge is 0.343 e. The normalized spacial score (nSPS) is 58.1. The van der Waals surface area contributed by atoms with Crippen molar-refractivity contribution in [3.05, 3.63) is 12.2 Å². The van der Waals surface area contributed by atoms with Gasteiger partial charge in [0.15, 0.2) is 5.78 Å². The highest BCUT2D eigenvalue weighted by Crippen LogP contribution is 2.54. The molecule has 2 heterocycles. The molecule has 0 spiro atoms. The number of hydrogen-bond donors (Lipinski definition) is 0. The van der Waals surface area contributed by atoms with Gasteiger partial charge in [-0.3, -0.25) is 4.79 Å². The Bertz CT molecular complexity index is 335. The molecular formula is C11H12O3. The molecule has 0 aromatic carbocycles. The molecule has 0 radical (unpaired) electrons. The van der Waals surface area contributed by atoms with E-state index in [1.807, 2.05) is 0 Å². The van der Waals surface area contributed by atoms with Gasteiger partial charge in [0.2, 0.25) is 6.29 Å². The van der Waals surface area contributed by atoms with E-state index >= 15 is 0 Å². The van der Waals surface area contributed by atoms with E-state index in [0.29, 0.717) is 24.4 Å². The summed E-state index contributed by atoms with van der Waals surface area (Å²) >= 11 is 0. The Morgan fingerprint density at radius 1 is 1.29 bits per heavy atom. The van der Waals surface area contributed by atoms with Crippen LogP contribution in [0.4, 0.5) is 0 Å². The standard InChI is InChI=1S/C11H12O3/c12-10-9-6-2-1-5(3-6)8(9)7-4-13-11(10)14-7/h1-2,5-9,11H,3-4H2/t5-,6-,7+,8+,9+,11+/m0/s1. The molecule has 6 atom stereocenters. The van der Waals surface area contributed by atoms with Crippen LogP contribution < -0.4 is 0 Å². The highest BCUT2D eigenvalue weighted by molar-refractivity contribution is 5.87. The average molecular weight is 192 g/mol. The summed E-state index contributed by atoms with van der Waals surface area (Å²) in [7, 11) is 0. The van der Waals surface area contributed by atoms with E-state index < -0.39 is 6.29 Å². The molecule has 3 nitrogen and oxygen atoms in total. The van der Waals surface area contributed by atoms with E-state index in [4.69, 9.17) is 9.47 Å². The number of hydrogen-bond acceptors (Lipinski definition) is 3. The van der Waals surface area contributed by atoms with Crippen LogP contribution in [0.15, 0.2) is 12.2 Å². The summed E-state index contributed by atoms with van der Waals surface area (Å²) < 4.78 is 10.9. The summed E-state index contributed by atoms with van der Waals surface area (Å²) in [6.45, 7) is 0.620. The Hall–Kier alpha value is -0.670. The van der Waals surface area contributed by atoms with E-state index in [-0.39, 0.29) is 17.8 Å². The summed E-state index contributed by atoms with van der Waals surface area (Å²) in [5.41, 5.74) is 0. The fraction of sp³-hybridized carbons (Fsp3) is 0.727. The SMILES string of the molecule is O=C1[C@@H]2OC[C@@H](O2)[C@@H]2[C@H]1[C@H]1C=C[C@H]2C1. The minimum absolute atomic E-state index is 0.183. The molecule has 1 saturated carbocycles. The summed E-state index contributed by atoms with van der Waals surface area (Å²) in [6, 6.07) is 0. The van der Waals surface area contributed by atoms with Gasteiger partial charge in [0, 0.05) is 11.8 Å². The predicted octanol–water partition coefficient (Wildman–Crippen LogP) is 0.749. The lowest BCUT2D eigenvalue weighted by atomic mass is 9.76. The second-order valence-corrected chi connectivity index (χ2v) is 4.79. The number of carbonyl (C=O) groups excluding carboxylic acids is 1. The minimum atomic E-state index is -0.533. The monoisotopic (exact) mass is 192 g/mol. The van der Waals surface area contributed by atoms with E-state index in [0.717, 1.165) is 6.42 Å². The summed E-state index contributed by atoms with van der Waals surface area (Å²) in [6.07, 6.45) is 5.29. The number of ether oxygens (including phenoxy) is 2. The smallest absolute Gasteiger partial charge is 0.218 e. The Labute approximate surface area is 82.1 Å². The van der Waals surface area contributed by atoms with Gasteiger partial charge in [-0.05, 0) is 18.3 Å². The van der Waals surface area contributed by atoms with Gasteiger partial charge in [0.1, 0.15) is 0 Å².